The predicted octanol–water partition coefficient (Wildman–Crippen LogP) is 4.26. The standard InChI is InChI=1S/C24H32N2O2/c27-23-13-12-21(18-26(23)22-10-6-1-2-7-11-22)24(28)25-16-14-20(15-17-25)19-8-4-3-5-9-19/h3-5,8-9,14,21-22H,1-2,6-7,10-13,15-18H2. The van der Waals surface area contributed by atoms with Gasteiger partial charge in [0.25, 0.3) is 0 Å². The molecule has 2 heterocycles. The molecule has 1 aromatic rings. The molecule has 28 heavy (non-hydrogen) atoms. The van der Waals surface area contributed by atoms with Crippen LogP contribution in [0.5, 0.6) is 0 Å². The number of hydrogen-bond donors (Lipinski definition) is 0. The molecule has 1 saturated heterocycles. The minimum absolute atomic E-state index is 0.0207. The molecule has 150 valence electrons. The van der Waals surface area contributed by atoms with E-state index in [9.17, 15) is 9.59 Å². The maximum Gasteiger partial charge on any atom is 0.227 e. The molecular formula is C24H32N2O2. The summed E-state index contributed by atoms with van der Waals surface area (Å²) in [6.45, 7) is 2.11. The van der Waals surface area contributed by atoms with Gasteiger partial charge in [-0.1, -0.05) is 62.1 Å². The highest BCUT2D eigenvalue weighted by atomic mass is 16.2. The van der Waals surface area contributed by atoms with Crippen LogP contribution in [0.4, 0.5) is 0 Å². The molecule has 2 aliphatic heterocycles. The quantitative estimate of drug-likeness (QED) is 0.735. The molecule has 0 aromatic heterocycles. The highest BCUT2D eigenvalue weighted by molar-refractivity contribution is 5.85. The number of carbonyl (C=O) groups is 2. The summed E-state index contributed by atoms with van der Waals surface area (Å²) >= 11 is 0. The fourth-order valence-electron chi connectivity index (χ4n) is 5.04. The van der Waals surface area contributed by atoms with Crippen LogP contribution in [-0.2, 0) is 9.59 Å². The first-order chi connectivity index (χ1) is 13.7. The number of hydrogen-bond acceptors (Lipinski definition) is 2. The molecule has 4 heteroatoms. The van der Waals surface area contributed by atoms with Crippen LogP contribution in [-0.4, -0.2) is 47.3 Å². The topological polar surface area (TPSA) is 40.6 Å². The van der Waals surface area contributed by atoms with Crippen molar-refractivity contribution >= 4 is 17.4 Å². The highest BCUT2D eigenvalue weighted by Gasteiger charge is 2.36. The van der Waals surface area contributed by atoms with E-state index in [4.69, 9.17) is 0 Å². The monoisotopic (exact) mass is 380 g/mol. The van der Waals surface area contributed by atoms with Crippen molar-refractivity contribution in [2.45, 2.75) is 63.8 Å². The van der Waals surface area contributed by atoms with E-state index in [2.05, 4.69) is 35.2 Å². The summed E-state index contributed by atoms with van der Waals surface area (Å²) in [6.07, 6.45) is 11.6. The average molecular weight is 381 g/mol. The fraction of sp³-hybridized carbons (Fsp3) is 0.583. The Morgan fingerprint density at radius 3 is 2.36 bits per heavy atom. The van der Waals surface area contributed by atoms with Crippen molar-refractivity contribution in [3.8, 4) is 0 Å². The number of rotatable bonds is 3. The molecule has 4 nitrogen and oxygen atoms in total. The maximum atomic E-state index is 13.2. The van der Waals surface area contributed by atoms with Gasteiger partial charge in [0, 0.05) is 32.1 Å². The van der Waals surface area contributed by atoms with Crippen LogP contribution >= 0.6 is 0 Å². The number of piperidine rings is 1. The van der Waals surface area contributed by atoms with Gasteiger partial charge in [-0.15, -0.1) is 0 Å². The van der Waals surface area contributed by atoms with Crippen LogP contribution in [0.2, 0.25) is 0 Å². The lowest BCUT2D eigenvalue weighted by Gasteiger charge is -2.39. The smallest absolute Gasteiger partial charge is 0.227 e. The Labute approximate surface area is 168 Å². The lowest BCUT2D eigenvalue weighted by molar-refractivity contribution is -0.144. The van der Waals surface area contributed by atoms with E-state index in [-0.39, 0.29) is 17.7 Å². The molecular weight excluding hydrogens is 348 g/mol. The first-order valence-electron chi connectivity index (χ1n) is 11.0. The molecule has 0 radical (unpaired) electrons. The van der Waals surface area contributed by atoms with Gasteiger partial charge in [0.1, 0.15) is 0 Å². The molecule has 4 rings (SSSR count). The Morgan fingerprint density at radius 1 is 0.929 bits per heavy atom. The molecule has 1 unspecified atom stereocenters. The Bertz CT molecular complexity index is 719. The summed E-state index contributed by atoms with van der Waals surface area (Å²) in [5.74, 6) is 0.489. The van der Waals surface area contributed by atoms with Gasteiger partial charge in [-0.25, -0.2) is 0 Å². The molecule has 0 N–H and O–H groups in total. The SMILES string of the molecule is O=C(C1CCC(=O)N(C2CCCCCC2)C1)N1CC=C(c2ccccc2)CC1. The second-order valence-electron chi connectivity index (χ2n) is 8.56. The first-order valence-corrected chi connectivity index (χ1v) is 11.0. The normalized spacial score (nSPS) is 24.6. The summed E-state index contributed by atoms with van der Waals surface area (Å²) < 4.78 is 0. The van der Waals surface area contributed by atoms with E-state index in [1.54, 1.807) is 0 Å². The molecule has 1 aromatic carbocycles. The van der Waals surface area contributed by atoms with Crippen LogP contribution < -0.4 is 0 Å². The maximum absolute atomic E-state index is 13.2. The van der Waals surface area contributed by atoms with Gasteiger partial charge >= 0.3 is 0 Å². The molecule has 2 fully saturated rings. The van der Waals surface area contributed by atoms with Crippen LogP contribution in [0.25, 0.3) is 5.57 Å². The van der Waals surface area contributed by atoms with Crippen molar-refractivity contribution in [3.05, 3.63) is 42.0 Å². The Kier molecular flexibility index (Phi) is 6.13. The molecule has 2 amide bonds. The summed E-state index contributed by atoms with van der Waals surface area (Å²) in [5.41, 5.74) is 2.60. The molecule has 0 bridgehead atoms. The van der Waals surface area contributed by atoms with Crippen LogP contribution in [0.15, 0.2) is 36.4 Å². The summed E-state index contributed by atoms with van der Waals surface area (Å²) in [6, 6.07) is 10.8. The number of amides is 2. The predicted molar refractivity (Wildman–Crippen MR) is 112 cm³/mol. The van der Waals surface area contributed by atoms with Gasteiger partial charge in [-0.2, -0.15) is 0 Å². The van der Waals surface area contributed by atoms with Crippen molar-refractivity contribution in [3.63, 3.8) is 0 Å². The van der Waals surface area contributed by atoms with E-state index in [0.717, 1.165) is 25.8 Å². The fourth-order valence-corrected chi connectivity index (χ4v) is 5.04. The largest absolute Gasteiger partial charge is 0.339 e. The Hall–Kier alpha value is -2.10. The molecule has 3 aliphatic rings. The number of benzene rings is 1. The van der Waals surface area contributed by atoms with Gasteiger partial charge in [0.05, 0.1) is 5.92 Å². The van der Waals surface area contributed by atoms with Gasteiger partial charge in [-0.3, -0.25) is 9.59 Å². The van der Waals surface area contributed by atoms with E-state index in [1.165, 1.54) is 36.8 Å². The Morgan fingerprint density at radius 2 is 1.68 bits per heavy atom. The highest BCUT2D eigenvalue weighted by Crippen LogP contribution is 2.29. The van der Waals surface area contributed by atoms with Crippen molar-refractivity contribution in [1.82, 2.24) is 9.80 Å². The van der Waals surface area contributed by atoms with Gasteiger partial charge in [-0.05, 0) is 36.8 Å². The number of likely N-dealkylation sites (tertiary alicyclic amines) is 1. The zero-order valence-corrected chi connectivity index (χ0v) is 16.8. The lowest BCUT2D eigenvalue weighted by atomic mass is 9.92. The van der Waals surface area contributed by atoms with Gasteiger partial charge in [0.2, 0.25) is 11.8 Å². The first kappa shape index (κ1) is 19.2. The second-order valence-corrected chi connectivity index (χ2v) is 8.56. The van der Waals surface area contributed by atoms with Crippen LogP contribution in [0.1, 0.15) is 63.4 Å². The molecule has 0 spiro atoms. The molecule has 1 atom stereocenters. The van der Waals surface area contributed by atoms with Crippen molar-refractivity contribution in [1.29, 1.82) is 0 Å². The van der Waals surface area contributed by atoms with Crippen molar-refractivity contribution in [2.75, 3.05) is 19.6 Å². The van der Waals surface area contributed by atoms with Gasteiger partial charge in [0.15, 0.2) is 0 Å². The minimum Gasteiger partial charge on any atom is -0.339 e. The van der Waals surface area contributed by atoms with Crippen molar-refractivity contribution < 1.29 is 9.59 Å². The third-order valence-electron chi connectivity index (χ3n) is 6.72. The van der Waals surface area contributed by atoms with E-state index in [0.29, 0.717) is 32.0 Å². The third kappa shape index (κ3) is 4.31. The van der Waals surface area contributed by atoms with E-state index < -0.39 is 0 Å². The number of carbonyl (C=O) groups excluding carboxylic acids is 2. The zero-order chi connectivity index (χ0) is 19.3. The zero-order valence-electron chi connectivity index (χ0n) is 16.8. The minimum atomic E-state index is -0.0207. The summed E-state index contributed by atoms with van der Waals surface area (Å²) in [4.78, 5) is 29.8. The Balaban J connectivity index is 1.38. The summed E-state index contributed by atoms with van der Waals surface area (Å²) in [7, 11) is 0. The van der Waals surface area contributed by atoms with E-state index in [1.807, 2.05) is 11.0 Å². The second kappa shape index (κ2) is 8.93. The van der Waals surface area contributed by atoms with Crippen molar-refractivity contribution in [2.24, 2.45) is 5.92 Å². The average Bonchev–Trinajstić information content (AvgIpc) is 3.04. The molecule has 1 aliphatic carbocycles. The third-order valence-corrected chi connectivity index (χ3v) is 6.72. The van der Waals surface area contributed by atoms with E-state index >= 15 is 0 Å². The van der Waals surface area contributed by atoms with Gasteiger partial charge < -0.3 is 9.80 Å². The summed E-state index contributed by atoms with van der Waals surface area (Å²) in [5, 5.41) is 0. The molecule has 1 saturated carbocycles. The van der Waals surface area contributed by atoms with Crippen LogP contribution in [0, 0.1) is 5.92 Å². The van der Waals surface area contributed by atoms with Crippen LogP contribution in [0.3, 0.4) is 0 Å². The number of nitrogens with zero attached hydrogens (tertiary/aromatic N) is 2. The lowest BCUT2D eigenvalue weighted by Crippen LogP contribution is -2.51.